The standard InChI is InChI=1S/C17H13Cl2N3O3S/c1-10(15(23)20-11-7-8-13(18)14(19)9-11)26-16-17(24)25-21-22(16)12-5-3-2-4-6-12/h2-10H,1H3,(H-,20,21,23,24)/p+1. The van der Waals surface area contributed by atoms with Gasteiger partial charge in [0.25, 0.3) is 0 Å². The van der Waals surface area contributed by atoms with E-state index in [2.05, 4.69) is 10.6 Å². The molecule has 0 saturated heterocycles. The molecule has 1 atom stereocenters. The molecule has 0 bridgehead atoms. The van der Waals surface area contributed by atoms with Gasteiger partial charge in [-0.05, 0) is 46.8 Å². The second-order valence-electron chi connectivity index (χ2n) is 5.34. The van der Waals surface area contributed by atoms with Gasteiger partial charge < -0.3 is 5.32 Å². The highest BCUT2D eigenvalue weighted by Gasteiger charge is 2.28. The average Bonchev–Trinajstić information content (AvgIpc) is 2.99. The predicted molar refractivity (Wildman–Crippen MR) is 101 cm³/mol. The van der Waals surface area contributed by atoms with E-state index in [-0.39, 0.29) is 10.9 Å². The molecular weight excluding hydrogens is 397 g/mol. The minimum Gasteiger partial charge on any atom is -0.325 e. The van der Waals surface area contributed by atoms with Crippen LogP contribution in [0.5, 0.6) is 0 Å². The van der Waals surface area contributed by atoms with Crippen molar-refractivity contribution >= 4 is 46.6 Å². The Hall–Kier alpha value is -2.22. The van der Waals surface area contributed by atoms with Crippen LogP contribution in [0.2, 0.25) is 10.0 Å². The maximum atomic E-state index is 12.4. The molecule has 26 heavy (non-hydrogen) atoms. The first kappa shape index (κ1) is 18.6. The van der Waals surface area contributed by atoms with Crippen molar-refractivity contribution in [1.29, 1.82) is 0 Å². The Bertz CT molecular complexity index is 988. The van der Waals surface area contributed by atoms with Crippen molar-refractivity contribution in [2.24, 2.45) is 0 Å². The maximum absolute atomic E-state index is 12.4. The molecular formula is C17H14Cl2N3O3S+. The third-order valence-electron chi connectivity index (χ3n) is 3.47. The lowest BCUT2D eigenvalue weighted by Crippen LogP contribution is -2.37. The number of anilines is 1. The van der Waals surface area contributed by atoms with Gasteiger partial charge in [0.1, 0.15) is 0 Å². The van der Waals surface area contributed by atoms with Gasteiger partial charge in [-0.3, -0.25) is 9.32 Å². The van der Waals surface area contributed by atoms with E-state index in [1.165, 1.54) is 4.68 Å². The van der Waals surface area contributed by atoms with Gasteiger partial charge in [-0.25, -0.2) is 4.79 Å². The average molecular weight is 411 g/mol. The number of para-hydroxylation sites is 1. The molecule has 0 spiro atoms. The summed E-state index contributed by atoms with van der Waals surface area (Å²) in [5.74, 6) is -0.284. The first-order valence-corrected chi connectivity index (χ1v) is 9.21. The summed E-state index contributed by atoms with van der Waals surface area (Å²) < 4.78 is 6.37. The van der Waals surface area contributed by atoms with Gasteiger partial charge in [0.2, 0.25) is 11.6 Å². The molecule has 6 nitrogen and oxygen atoms in total. The van der Waals surface area contributed by atoms with E-state index in [4.69, 9.17) is 27.7 Å². The third kappa shape index (κ3) is 4.12. The van der Waals surface area contributed by atoms with Gasteiger partial charge in [0, 0.05) is 17.8 Å². The Morgan fingerprint density at radius 3 is 2.62 bits per heavy atom. The highest BCUT2D eigenvalue weighted by molar-refractivity contribution is 8.00. The van der Waals surface area contributed by atoms with E-state index in [1.807, 2.05) is 30.3 Å². The first-order chi connectivity index (χ1) is 12.5. The number of carbonyl (C=O) groups excluding carboxylic acids is 1. The highest BCUT2D eigenvalue weighted by atomic mass is 35.5. The molecule has 134 valence electrons. The zero-order valence-electron chi connectivity index (χ0n) is 13.5. The third-order valence-corrected chi connectivity index (χ3v) is 5.35. The van der Waals surface area contributed by atoms with Crippen LogP contribution in [0, 0.1) is 0 Å². The highest BCUT2D eigenvalue weighted by Crippen LogP contribution is 2.26. The van der Waals surface area contributed by atoms with Crippen LogP contribution in [0.1, 0.15) is 6.92 Å². The molecule has 1 unspecified atom stereocenters. The molecule has 2 aromatic carbocycles. The molecule has 3 aromatic rings. The fraction of sp³-hybridized carbons (Fsp3) is 0.118. The normalized spacial score (nSPS) is 12.0. The number of H-pyrrole nitrogens is 1. The number of aromatic nitrogens is 2. The fourth-order valence-corrected chi connectivity index (χ4v) is 3.34. The second kappa shape index (κ2) is 7.99. The lowest BCUT2D eigenvalue weighted by molar-refractivity contribution is -0.704. The van der Waals surface area contributed by atoms with Crippen LogP contribution >= 0.6 is 35.0 Å². The van der Waals surface area contributed by atoms with Gasteiger partial charge in [-0.1, -0.05) is 41.4 Å². The van der Waals surface area contributed by atoms with Gasteiger partial charge in [-0.2, -0.15) is 0 Å². The van der Waals surface area contributed by atoms with Crippen LogP contribution in [0.3, 0.4) is 0 Å². The zero-order chi connectivity index (χ0) is 18.7. The Labute approximate surface area is 163 Å². The number of nitrogens with zero attached hydrogens (tertiary/aromatic N) is 1. The Morgan fingerprint density at radius 2 is 1.92 bits per heavy atom. The molecule has 0 aliphatic carbocycles. The molecule has 1 aromatic heterocycles. The summed E-state index contributed by atoms with van der Waals surface area (Å²) in [6.45, 7) is 1.69. The molecule has 1 heterocycles. The summed E-state index contributed by atoms with van der Waals surface area (Å²) in [5.41, 5.74) is 0.694. The smallest absolute Gasteiger partial charge is 0.325 e. The van der Waals surface area contributed by atoms with E-state index in [9.17, 15) is 9.59 Å². The topological polar surface area (TPSA) is 79.0 Å². The quantitative estimate of drug-likeness (QED) is 0.496. The van der Waals surface area contributed by atoms with Crippen molar-refractivity contribution in [2.45, 2.75) is 17.2 Å². The number of carbonyl (C=O) groups is 1. The van der Waals surface area contributed by atoms with Crippen molar-refractivity contribution in [3.8, 4) is 5.69 Å². The fourth-order valence-electron chi connectivity index (χ4n) is 2.15. The van der Waals surface area contributed by atoms with Crippen LogP contribution in [-0.4, -0.2) is 16.4 Å². The van der Waals surface area contributed by atoms with Crippen LogP contribution in [0.4, 0.5) is 5.69 Å². The molecule has 0 aliphatic heterocycles. The number of rotatable bonds is 5. The zero-order valence-corrected chi connectivity index (χ0v) is 15.9. The monoisotopic (exact) mass is 410 g/mol. The lowest BCUT2D eigenvalue weighted by atomic mass is 10.3. The van der Waals surface area contributed by atoms with Gasteiger partial charge in [-0.15, -0.1) is 0 Å². The molecule has 9 heteroatoms. The van der Waals surface area contributed by atoms with E-state index in [0.29, 0.717) is 15.7 Å². The lowest BCUT2D eigenvalue weighted by Gasteiger charge is -2.10. The summed E-state index contributed by atoms with van der Waals surface area (Å²) >= 11 is 12.9. The predicted octanol–water partition coefficient (Wildman–Crippen LogP) is 3.67. The van der Waals surface area contributed by atoms with Crippen molar-refractivity contribution in [1.82, 2.24) is 5.27 Å². The van der Waals surface area contributed by atoms with Crippen molar-refractivity contribution in [2.75, 3.05) is 5.32 Å². The molecule has 3 rings (SSSR count). The summed E-state index contributed by atoms with van der Waals surface area (Å²) in [6, 6.07) is 14.0. The second-order valence-corrected chi connectivity index (χ2v) is 7.48. The molecule has 2 N–H and O–H groups in total. The SMILES string of the molecule is CC(Sc1c(=O)o[nH][n+]1-c1ccccc1)C(=O)Nc1ccc(Cl)c(Cl)c1. The number of aromatic amines is 1. The molecule has 0 fully saturated rings. The maximum Gasteiger partial charge on any atom is 0.442 e. The van der Waals surface area contributed by atoms with Crippen LogP contribution < -0.4 is 15.6 Å². The van der Waals surface area contributed by atoms with Crippen LogP contribution in [0.25, 0.3) is 5.69 Å². The van der Waals surface area contributed by atoms with Crippen LogP contribution in [-0.2, 0) is 4.79 Å². The Morgan fingerprint density at radius 1 is 1.19 bits per heavy atom. The molecule has 0 aliphatic rings. The van der Waals surface area contributed by atoms with Gasteiger partial charge in [0.05, 0.1) is 15.3 Å². The van der Waals surface area contributed by atoms with Crippen molar-refractivity contribution in [3.63, 3.8) is 0 Å². The van der Waals surface area contributed by atoms with Crippen LogP contribution in [0.15, 0.2) is 62.9 Å². The van der Waals surface area contributed by atoms with E-state index in [1.54, 1.807) is 25.1 Å². The Kier molecular flexibility index (Phi) is 5.70. The number of hydrogen-bond acceptors (Lipinski definition) is 4. The van der Waals surface area contributed by atoms with E-state index >= 15 is 0 Å². The van der Waals surface area contributed by atoms with E-state index < -0.39 is 10.9 Å². The minimum atomic E-state index is -0.557. The molecule has 1 amide bonds. The summed E-state index contributed by atoms with van der Waals surface area (Å²) in [4.78, 5) is 24.4. The minimum absolute atomic E-state index is 0.271. The Balaban J connectivity index is 1.76. The number of thioether (sulfide) groups is 1. The summed E-state index contributed by atoms with van der Waals surface area (Å²) in [5, 5.41) is 5.75. The van der Waals surface area contributed by atoms with E-state index in [0.717, 1.165) is 17.4 Å². The molecule has 0 saturated carbocycles. The van der Waals surface area contributed by atoms with Gasteiger partial charge >= 0.3 is 10.7 Å². The summed E-state index contributed by atoms with van der Waals surface area (Å²) in [7, 11) is 0. The van der Waals surface area contributed by atoms with Gasteiger partial charge in [0.15, 0.2) is 0 Å². The number of benzene rings is 2. The number of halogens is 2. The number of hydrogen-bond donors (Lipinski definition) is 2. The van der Waals surface area contributed by atoms with Crippen molar-refractivity contribution < 1.29 is 14.0 Å². The largest absolute Gasteiger partial charge is 0.442 e. The molecule has 0 radical (unpaired) electrons. The summed E-state index contributed by atoms with van der Waals surface area (Å²) in [6.07, 6.45) is 0. The number of nitrogens with one attached hydrogen (secondary N) is 2. The van der Waals surface area contributed by atoms with Crippen molar-refractivity contribution in [3.05, 3.63) is 69.0 Å². The first-order valence-electron chi connectivity index (χ1n) is 7.57. The number of amides is 1.